The molecule has 1 heterocycles. The Balaban J connectivity index is 1.88. The summed E-state index contributed by atoms with van der Waals surface area (Å²) in [7, 11) is 1.54. The number of nitrogens with one attached hydrogen (secondary N) is 1. The molecule has 3 aromatic rings. The van der Waals surface area contributed by atoms with Crippen molar-refractivity contribution in [2.75, 3.05) is 32.1 Å². The number of aromatic nitrogens is 2. The maximum Gasteiger partial charge on any atom is 0.255 e. The molecule has 0 radical (unpaired) electrons. The first kappa shape index (κ1) is 25.7. The molecule has 0 aliphatic carbocycles. The molecule has 0 aliphatic heterocycles. The summed E-state index contributed by atoms with van der Waals surface area (Å²) in [5, 5.41) is 8.40. The van der Waals surface area contributed by atoms with Crippen molar-refractivity contribution in [3.63, 3.8) is 0 Å². The molecule has 2 aromatic carbocycles. The fourth-order valence-corrected chi connectivity index (χ4v) is 3.69. The minimum Gasteiger partial charge on any atom is -0.383 e. The maximum atomic E-state index is 13.1. The highest BCUT2D eigenvalue weighted by molar-refractivity contribution is 6.34. The van der Waals surface area contributed by atoms with E-state index in [-0.39, 0.29) is 36.9 Å². The summed E-state index contributed by atoms with van der Waals surface area (Å²) in [6, 6.07) is 15.8. The minimum absolute atomic E-state index is 0.189. The van der Waals surface area contributed by atoms with Gasteiger partial charge in [0.15, 0.2) is 0 Å². The number of anilines is 1. The molecule has 0 saturated heterocycles. The van der Waals surface area contributed by atoms with Gasteiger partial charge in [0, 0.05) is 25.1 Å². The summed E-state index contributed by atoms with van der Waals surface area (Å²) >= 11 is 12.6. The van der Waals surface area contributed by atoms with Crippen molar-refractivity contribution < 1.29 is 14.3 Å². The molecule has 0 bridgehead atoms. The van der Waals surface area contributed by atoms with Gasteiger partial charge in [0.25, 0.3) is 5.91 Å². The van der Waals surface area contributed by atoms with Crippen LogP contribution in [0.4, 0.5) is 5.82 Å². The lowest BCUT2D eigenvalue weighted by Crippen LogP contribution is -2.40. The zero-order valence-corrected chi connectivity index (χ0v) is 21.2. The Kier molecular flexibility index (Phi) is 8.36. The smallest absolute Gasteiger partial charge is 0.255 e. The molecule has 0 atom stereocenters. The van der Waals surface area contributed by atoms with Crippen molar-refractivity contribution in [2.24, 2.45) is 0 Å². The zero-order chi connectivity index (χ0) is 24.9. The van der Waals surface area contributed by atoms with Crippen LogP contribution >= 0.6 is 23.2 Å². The number of halogens is 2. The van der Waals surface area contributed by atoms with Crippen molar-refractivity contribution in [3.05, 3.63) is 75.9 Å². The van der Waals surface area contributed by atoms with Crippen molar-refractivity contribution in [1.82, 2.24) is 14.7 Å². The summed E-state index contributed by atoms with van der Waals surface area (Å²) in [4.78, 5) is 27.6. The lowest BCUT2D eigenvalue weighted by atomic mass is 9.92. The summed E-state index contributed by atoms with van der Waals surface area (Å²) in [5.74, 6) is -0.280. The number of benzene rings is 2. The predicted molar refractivity (Wildman–Crippen MR) is 135 cm³/mol. The Bertz CT molecular complexity index is 1170. The lowest BCUT2D eigenvalue weighted by molar-refractivity contribution is -0.117. The monoisotopic (exact) mass is 502 g/mol. The standard InChI is InChI=1S/C25H28Cl2N4O3/c1-25(2,3)21-15-22(31(29-21)20-12-8-7-11-19(20)27)28-23(32)16-30(13-14-34-4)24(33)17-9-5-6-10-18(17)26/h5-12,15H,13-14,16H2,1-4H3,(H,28,32). The molecular formula is C25H28Cl2N4O3. The molecular weight excluding hydrogens is 475 g/mol. The molecule has 0 saturated carbocycles. The van der Waals surface area contributed by atoms with Crippen LogP contribution in [0.3, 0.4) is 0 Å². The second-order valence-electron chi connectivity index (χ2n) is 8.78. The van der Waals surface area contributed by atoms with Gasteiger partial charge in [0.1, 0.15) is 12.4 Å². The summed E-state index contributed by atoms with van der Waals surface area (Å²) in [6.07, 6.45) is 0. The molecule has 7 nitrogen and oxygen atoms in total. The Hall–Kier alpha value is -2.87. The van der Waals surface area contributed by atoms with Crippen molar-refractivity contribution in [3.8, 4) is 5.69 Å². The van der Waals surface area contributed by atoms with Crippen LogP contribution in [-0.4, -0.2) is 53.3 Å². The van der Waals surface area contributed by atoms with Gasteiger partial charge in [-0.05, 0) is 24.3 Å². The third-order valence-electron chi connectivity index (χ3n) is 5.12. The van der Waals surface area contributed by atoms with Crippen molar-refractivity contribution >= 4 is 40.8 Å². The second-order valence-corrected chi connectivity index (χ2v) is 9.59. The van der Waals surface area contributed by atoms with E-state index in [1.807, 2.05) is 45.0 Å². The molecule has 0 unspecified atom stereocenters. The minimum atomic E-state index is -0.384. The fourth-order valence-electron chi connectivity index (χ4n) is 3.26. The normalized spacial score (nSPS) is 11.4. The van der Waals surface area contributed by atoms with E-state index in [2.05, 4.69) is 10.4 Å². The number of hydrogen-bond acceptors (Lipinski definition) is 4. The predicted octanol–water partition coefficient (Wildman–Crippen LogP) is 5.20. The Labute approximate surface area is 209 Å². The van der Waals surface area contributed by atoms with Crippen LogP contribution in [0.2, 0.25) is 10.0 Å². The van der Waals surface area contributed by atoms with Gasteiger partial charge < -0.3 is 15.0 Å². The van der Waals surface area contributed by atoms with Gasteiger partial charge in [-0.3, -0.25) is 9.59 Å². The number of carbonyl (C=O) groups is 2. The van der Waals surface area contributed by atoms with Crippen LogP contribution in [0, 0.1) is 0 Å². The Morgan fingerprint density at radius 2 is 1.71 bits per heavy atom. The molecule has 34 heavy (non-hydrogen) atoms. The van der Waals surface area contributed by atoms with E-state index in [9.17, 15) is 9.59 Å². The zero-order valence-electron chi connectivity index (χ0n) is 19.6. The van der Waals surface area contributed by atoms with E-state index in [0.717, 1.165) is 5.69 Å². The second kappa shape index (κ2) is 11.0. The SMILES string of the molecule is COCCN(CC(=O)Nc1cc(C(C)(C)C)nn1-c1ccccc1Cl)C(=O)c1ccccc1Cl. The van der Waals surface area contributed by atoms with Gasteiger partial charge in [-0.1, -0.05) is 68.2 Å². The van der Waals surface area contributed by atoms with Crippen LogP contribution in [0.1, 0.15) is 36.8 Å². The highest BCUT2D eigenvalue weighted by Gasteiger charge is 2.24. The number of para-hydroxylation sites is 1. The topological polar surface area (TPSA) is 76.5 Å². The third-order valence-corrected chi connectivity index (χ3v) is 5.77. The first-order chi connectivity index (χ1) is 16.1. The average molecular weight is 503 g/mol. The van der Waals surface area contributed by atoms with Gasteiger partial charge in [-0.15, -0.1) is 0 Å². The summed E-state index contributed by atoms with van der Waals surface area (Å²) in [5.41, 5.74) is 1.49. The Morgan fingerprint density at radius 1 is 1.06 bits per heavy atom. The molecule has 3 rings (SSSR count). The molecule has 1 N–H and O–H groups in total. The number of amides is 2. The molecule has 0 fully saturated rings. The average Bonchev–Trinajstić information content (AvgIpc) is 3.20. The van der Waals surface area contributed by atoms with Crippen LogP contribution in [0.25, 0.3) is 5.69 Å². The largest absolute Gasteiger partial charge is 0.383 e. The number of nitrogens with zero attached hydrogens (tertiary/aromatic N) is 3. The van der Waals surface area contributed by atoms with E-state index in [1.54, 1.807) is 35.0 Å². The van der Waals surface area contributed by atoms with E-state index in [0.29, 0.717) is 27.1 Å². The van der Waals surface area contributed by atoms with E-state index < -0.39 is 0 Å². The summed E-state index contributed by atoms with van der Waals surface area (Å²) < 4.78 is 6.74. The summed E-state index contributed by atoms with van der Waals surface area (Å²) in [6.45, 7) is 6.41. The first-order valence-electron chi connectivity index (χ1n) is 10.8. The van der Waals surface area contributed by atoms with Gasteiger partial charge >= 0.3 is 0 Å². The van der Waals surface area contributed by atoms with E-state index >= 15 is 0 Å². The van der Waals surface area contributed by atoms with Gasteiger partial charge in [-0.25, -0.2) is 4.68 Å². The highest BCUT2D eigenvalue weighted by Crippen LogP contribution is 2.29. The highest BCUT2D eigenvalue weighted by atomic mass is 35.5. The molecule has 180 valence electrons. The van der Waals surface area contributed by atoms with Gasteiger partial charge in [0.2, 0.25) is 5.91 Å². The molecule has 9 heteroatoms. The fraction of sp³-hybridized carbons (Fsp3) is 0.320. The van der Waals surface area contributed by atoms with E-state index in [1.165, 1.54) is 12.0 Å². The number of rotatable bonds is 8. The third kappa shape index (κ3) is 6.17. The van der Waals surface area contributed by atoms with Crippen molar-refractivity contribution in [1.29, 1.82) is 0 Å². The van der Waals surface area contributed by atoms with Crippen LogP contribution in [0.15, 0.2) is 54.6 Å². The van der Waals surface area contributed by atoms with Gasteiger partial charge in [-0.2, -0.15) is 5.10 Å². The number of ether oxygens (including phenoxy) is 1. The molecule has 0 aliphatic rings. The Morgan fingerprint density at radius 3 is 2.32 bits per heavy atom. The van der Waals surface area contributed by atoms with Crippen molar-refractivity contribution in [2.45, 2.75) is 26.2 Å². The quantitative estimate of drug-likeness (QED) is 0.458. The molecule has 1 aromatic heterocycles. The maximum absolute atomic E-state index is 13.1. The number of hydrogen-bond donors (Lipinski definition) is 1. The lowest BCUT2D eigenvalue weighted by Gasteiger charge is -2.22. The van der Waals surface area contributed by atoms with Crippen LogP contribution in [0.5, 0.6) is 0 Å². The number of carbonyl (C=O) groups excluding carboxylic acids is 2. The molecule has 2 amide bonds. The molecule has 0 spiro atoms. The first-order valence-corrected chi connectivity index (χ1v) is 11.6. The van der Waals surface area contributed by atoms with Gasteiger partial charge in [0.05, 0.1) is 33.6 Å². The number of methoxy groups -OCH3 is 1. The van der Waals surface area contributed by atoms with Crippen LogP contribution in [-0.2, 0) is 14.9 Å². The van der Waals surface area contributed by atoms with E-state index in [4.69, 9.17) is 27.9 Å². The van der Waals surface area contributed by atoms with Crippen LogP contribution < -0.4 is 5.32 Å².